The predicted molar refractivity (Wildman–Crippen MR) is 90.4 cm³/mol. The van der Waals surface area contributed by atoms with Crippen LogP contribution in [0.15, 0.2) is 36.4 Å². The molecule has 0 aromatic heterocycles. The SMILES string of the molecule is C[N-]Cc1cccc(C)c1Pc1cc(C)ccc1O.[Cl][Ti+]. The van der Waals surface area contributed by atoms with Crippen molar-refractivity contribution in [3.05, 3.63) is 58.4 Å². The molecule has 2 rings (SSSR count). The average Bonchev–Trinajstić information content (AvgIpc) is 2.48. The molecule has 0 aliphatic heterocycles. The Labute approximate surface area is 144 Å². The number of aromatic hydroxyl groups is 1. The summed E-state index contributed by atoms with van der Waals surface area (Å²) < 4.78 is 0. The van der Waals surface area contributed by atoms with Crippen molar-refractivity contribution in [2.75, 3.05) is 7.05 Å². The van der Waals surface area contributed by atoms with Gasteiger partial charge in [-0.3, -0.25) is 0 Å². The molecular formula is C16H19ClNOPTi. The van der Waals surface area contributed by atoms with Crippen molar-refractivity contribution in [3.63, 3.8) is 0 Å². The zero-order valence-electron chi connectivity index (χ0n) is 12.4. The molecule has 0 saturated heterocycles. The molecular weight excluding hydrogens is 336 g/mol. The third-order valence-corrected chi connectivity index (χ3v) is 4.73. The summed E-state index contributed by atoms with van der Waals surface area (Å²) in [6, 6.07) is 12.1. The molecule has 5 heteroatoms. The number of hydrogen-bond acceptors (Lipinski definition) is 1. The van der Waals surface area contributed by atoms with Crippen LogP contribution in [0.25, 0.3) is 5.32 Å². The molecule has 2 aromatic carbocycles. The molecule has 0 fully saturated rings. The van der Waals surface area contributed by atoms with Crippen LogP contribution < -0.4 is 10.6 Å². The van der Waals surface area contributed by atoms with Gasteiger partial charge in [0.05, 0.1) is 0 Å². The normalized spacial score (nSPS) is 10.4. The fourth-order valence-corrected chi connectivity index (χ4v) is 3.48. The maximum absolute atomic E-state index is 9.99. The van der Waals surface area contributed by atoms with Crippen molar-refractivity contribution in [2.24, 2.45) is 0 Å². The van der Waals surface area contributed by atoms with Crippen LogP contribution in [0.3, 0.4) is 0 Å². The Morgan fingerprint density at radius 1 is 1.19 bits per heavy atom. The monoisotopic (exact) mass is 355 g/mol. The summed E-state index contributed by atoms with van der Waals surface area (Å²) in [5.74, 6) is 0.381. The first-order valence-electron chi connectivity index (χ1n) is 6.51. The van der Waals surface area contributed by atoms with Crippen LogP contribution in [0.2, 0.25) is 0 Å². The molecule has 0 aliphatic rings. The fraction of sp³-hybridized carbons (Fsp3) is 0.250. The summed E-state index contributed by atoms with van der Waals surface area (Å²) in [5.41, 5.74) is 3.69. The first-order valence-corrected chi connectivity index (χ1v) is 9.66. The van der Waals surface area contributed by atoms with Crippen LogP contribution in [0.5, 0.6) is 5.75 Å². The van der Waals surface area contributed by atoms with Crippen molar-refractivity contribution >= 4 is 28.5 Å². The molecule has 1 unspecified atom stereocenters. The van der Waals surface area contributed by atoms with E-state index >= 15 is 0 Å². The fourth-order valence-electron chi connectivity index (χ4n) is 2.09. The Hall–Kier alpha value is -0.366. The standard InChI is InChI=1S/C16H19NOP.ClH.Ti/c1-11-7-8-14(18)15(9-11)19-16-12(2)5-4-6-13(16)10-17-3;;/h4-9,18-19H,10H2,1-3H3;1H;/q-1;;+2/p-1. The number of hydrogen-bond donors (Lipinski definition) is 1. The van der Waals surface area contributed by atoms with Crippen molar-refractivity contribution in [1.29, 1.82) is 0 Å². The van der Waals surface area contributed by atoms with E-state index in [1.165, 1.54) is 41.4 Å². The molecule has 110 valence electrons. The minimum atomic E-state index is 0.381. The molecule has 1 atom stereocenters. The van der Waals surface area contributed by atoms with Gasteiger partial charge in [-0.1, -0.05) is 44.0 Å². The molecule has 2 nitrogen and oxygen atoms in total. The van der Waals surface area contributed by atoms with Gasteiger partial charge in [-0.2, -0.15) is 7.05 Å². The van der Waals surface area contributed by atoms with Gasteiger partial charge in [0, 0.05) is 5.30 Å². The van der Waals surface area contributed by atoms with Crippen molar-refractivity contribution in [2.45, 2.75) is 20.4 Å². The van der Waals surface area contributed by atoms with Crippen LogP contribution in [0.4, 0.5) is 0 Å². The van der Waals surface area contributed by atoms with Gasteiger partial charge in [0.15, 0.2) is 0 Å². The zero-order valence-corrected chi connectivity index (χ0v) is 15.8. The van der Waals surface area contributed by atoms with Crippen LogP contribution in [0, 0.1) is 13.8 Å². The zero-order chi connectivity index (χ0) is 15.8. The van der Waals surface area contributed by atoms with Gasteiger partial charge in [-0.25, -0.2) is 0 Å². The number of rotatable bonds is 4. The summed E-state index contributed by atoms with van der Waals surface area (Å²) in [4.78, 5) is 0. The molecule has 0 bridgehead atoms. The summed E-state index contributed by atoms with van der Waals surface area (Å²) in [6.07, 6.45) is 0. The van der Waals surface area contributed by atoms with E-state index in [1.807, 2.05) is 20.0 Å². The average molecular weight is 356 g/mol. The summed E-state index contributed by atoms with van der Waals surface area (Å²) in [7, 11) is 6.94. The van der Waals surface area contributed by atoms with Crippen molar-refractivity contribution in [1.82, 2.24) is 0 Å². The third-order valence-electron chi connectivity index (χ3n) is 3.10. The van der Waals surface area contributed by atoms with Gasteiger partial charge in [-0.15, -0.1) is 6.54 Å². The number of phenolic OH excluding ortho intramolecular Hbond substituents is 1. The second-order valence-electron chi connectivity index (χ2n) is 4.73. The number of phenols is 1. The van der Waals surface area contributed by atoms with E-state index in [2.05, 4.69) is 45.8 Å². The summed E-state index contributed by atoms with van der Waals surface area (Å²) >= 11 is 1.47. The van der Waals surface area contributed by atoms with Gasteiger partial charge in [-0.05, 0) is 36.8 Å². The molecule has 0 radical (unpaired) electrons. The minimum absolute atomic E-state index is 0.381. The van der Waals surface area contributed by atoms with Gasteiger partial charge >= 0.3 is 28.7 Å². The maximum atomic E-state index is 9.99. The first kappa shape index (κ1) is 18.7. The number of benzene rings is 2. The summed E-state index contributed by atoms with van der Waals surface area (Å²) in [6.45, 7) is 4.90. The Balaban J connectivity index is 0.00000106. The van der Waals surface area contributed by atoms with E-state index in [0.717, 1.165) is 11.8 Å². The molecule has 21 heavy (non-hydrogen) atoms. The topological polar surface area (TPSA) is 34.3 Å². The van der Waals surface area contributed by atoms with Crippen LogP contribution in [0.1, 0.15) is 16.7 Å². The number of halogens is 1. The molecule has 0 heterocycles. The second kappa shape index (κ2) is 9.61. The van der Waals surface area contributed by atoms with E-state index in [0.29, 0.717) is 14.3 Å². The third kappa shape index (κ3) is 5.40. The quantitative estimate of drug-likeness (QED) is 0.656. The van der Waals surface area contributed by atoms with E-state index in [9.17, 15) is 5.11 Å². The Bertz CT molecular complexity index is 592. The van der Waals surface area contributed by atoms with Gasteiger partial charge in [0.2, 0.25) is 0 Å². The van der Waals surface area contributed by atoms with Gasteiger partial charge in [0.25, 0.3) is 0 Å². The molecule has 0 saturated carbocycles. The molecule has 0 amide bonds. The summed E-state index contributed by atoms with van der Waals surface area (Å²) in [5, 5.41) is 16.5. The number of aryl methyl sites for hydroxylation is 2. The van der Waals surface area contributed by atoms with E-state index in [4.69, 9.17) is 0 Å². The van der Waals surface area contributed by atoms with Crippen molar-refractivity contribution < 1.29 is 24.5 Å². The Kier molecular flexibility index (Phi) is 8.55. The predicted octanol–water partition coefficient (Wildman–Crippen LogP) is 3.83. The van der Waals surface area contributed by atoms with Crippen LogP contribution in [-0.4, -0.2) is 12.2 Å². The van der Waals surface area contributed by atoms with Crippen LogP contribution in [-0.2, 0) is 25.9 Å². The molecule has 0 spiro atoms. The van der Waals surface area contributed by atoms with E-state index in [-0.39, 0.29) is 0 Å². The van der Waals surface area contributed by atoms with E-state index in [1.54, 1.807) is 6.07 Å². The van der Waals surface area contributed by atoms with Gasteiger partial charge < -0.3 is 10.4 Å². The molecule has 0 aliphatic carbocycles. The Morgan fingerprint density at radius 3 is 2.57 bits per heavy atom. The van der Waals surface area contributed by atoms with E-state index < -0.39 is 0 Å². The van der Waals surface area contributed by atoms with Crippen molar-refractivity contribution in [3.8, 4) is 5.75 Å². The number of nitrogens with zero attached hydrogens (tertiary/aromatic N) is 1. The molecule has 2 aromatic rings. The van der Waals surface area contributed by atoms with Crippen LogP contribution >= 0.6 is 17.9 Å². The first-order chi connectivity index (χ1) is 10.1. The van der Waals surface area contributed by atoms with Gasteiger partial charge in [0.1, 0.15) is 5.75 Å². The second-order valence-corrected chi connectivity index (χ2v) is 6.02. The Morgan fingerprint density at radius 2 is 1.90 bits per heavy atom. The molecule has 1 N–H and O–H groups in total.